The van der Waals surface area contributed by atoms with Crippen molar-refractivity contribution >= 4 is 15.9 Å². The van der Waals surface area contributed by atoms with E-state index in [1.54, 1.807) is 0 Å². The van der Waals surface area contributed by atoms with Crippen LogP contribution in [-0.4, -0.2) is 5.33 Å². The number of halogens is 1. The molecular weight excluding hydrogens is 176 g/mol. The first-order chi connectivity index (χ1) is 4.31. The number of hydrogen-bond acceptors (Lipinski definition) is 0. The highest BCUT2D eigenvalue weighted by Crippen LogP contribution is 2.03. The van der Waals surface area contributed by atoms with Crippen LogP contribution in [0.4, 0.5) is 0 Å². The Kier molecular flexibility index (Phi) is 6.06. The van der Waals surface area contributed by atoms with Crippen LogP contribution in [0, 0.1) is 0 Å². The zero-order valence-electron chi connectivity index (χ0n) is 5.86. The molecule has 0 radical (unpaired) electrons. The smallest absolute Gasteiger partial charge is 0.00684 e. The van der Waals surface area contributed by atoms with Gasteiger partial charge in [-0.05, 0) is 19.8 Å². The third kappa shape index (κ3) is 5.84. The SMILES string of the molecule is C=CC/C=C(/C)CCBr. The van der Waals surface area contributed by atoms with E-state index in [0.29, 0.717) is 0 Å². The van der Waals surface area contributed by atoms with Gasteiger partial charge in [-0.3, -0.25) is 0 Å². The van der Waals surface area contributed by atoms with Crippen molar-refractivity contribution in [1.29, 1.82) is 0 Å². The highest BCUT2D eigenvalue weighted by Gasteiger charge is 1.83. The Morgan fingerprint density at radius 2 is 2.33 bits per heavy atom. The van der Waals surface area contributed by atoms with E-state index in [9.17, 15) is 0 Å². The van der Waals surface area contributed by atoms with Crippen molar-refractivity contribution in [2.75, 3.05) is 5.33 Å². The quantitative estimate of drug-likeness (QED) is 0.470. The number of alkyl halides is 1. The Balaban J connectivity index is 3.42. The van der Waals surface area contributed by atoms with Gasteiger partial charge in [-0.1, -0.05) is 33.7 Å². The molecule has 0 rings (SSSR count). The van der Waals surface area contributed by atoms with Gasteiger partial charge in [0.1, 0.15) is 0 Å². The fourth-order valence-corrected chi connectivity index (χ4v) is 1.16. The Bertz CT molecular complexity index is 103. The fourth-order valence-electron chi connectivity index (χ4n) is 0.536. The van der Waals surface area contributed by atoms with Gasteiger partial charge in [0.15, 0.2) is 0 Å². The van der Waals surface area contributed by atoms with E-state index in [-0.39, 0.29) is 0 Å². The second-order valence-corrected chi connectivity index (χ2v) is 2.81. The fraction of sp³-hybridized carbons (Fsp3) is 0.500. The summed E-state index contributed by atoms with van der Waals surface area (Å²) in [5, 5.41) is 1.06. The first-order valence-electron chi connectivity index (χ1n) is 3.13. The largest absolute Gasteiger partial charge is 0.103 e. The lowest BCUT2D eigenvalue weighted by atomic mass is 10.2. The molecule has 0 aromatic heterocycles. The minimum Gasteiger partial charge on any atom is -0.103 e. The molecule has 52 valence electrons. The van der Waals surface area contributed by atoms with Gasteiger partial charge in [0.05, 0.1) is 0 Å². The molecule has 0 saturated heterocycles. The van der Waals surface area contributed by atoms with E-state index < -0.39 is 0 Å². The van der Waals surface area contributed by atoms with Crippen LogP contribution in [0.15, 0.2) is 24.3 Å². The second-order valence-electron chi connectivity index (χ2n) is 2.01. The molecule has 0 atom stereocenters. The molecule has 0 spiro atoms. The average Bonchev–Trinajstić information content (AvgIpc) is 1.85. The molecule has 0 aromatic carbocycles. The molecule has 0 amide bonds. The highest BCUT2D eigenvalue weighted by molar-refractivity contribution is 9.09. The third-order valence-electron chi connectivity index (χ3n) is 1.12. The number of rotatable bonds is 4. The van der Waals surface area contributed by atoms with Crippen LogP contribution in [0.3, 0.4) is 0 Å². The normalized spacial score (nSPS) is 11.6. The Morgan fingerprint density at radius 1 is 1.67 bits per heavy atom. The van der Waals surface area contributed by atoms with Gasteiger partial charge in [0, 0.05) is 5.33 Å². The van der Waals surface area contributed by atoms with Gasteiger partial charge >= 0.3 is 0 Å². The van der Waals surface area contributed by atoms with Crippen LogP contribution in [0.25, 0.3) is 0 Å². The van der Waals surface area contributed by atoms with Crippen molar-refractivity contribution in [2.45, 2.75) is 19.8 Å². The predicted octanol–water partition coefficient (Wildman–Crippen LogP) is 3.29. The van der Waals surface area contributed by atoms with Crippen molar-refractivity contribution in [2.24, 2.45) is 0 Å². The summed E-state index contributed by atoms with van der Waals surface area (Å²) in [5.74, 6) is 0. The maximum absolute atomic E-state index is 3.64. The summed E-state index contributed by atoms with van der Waals surface area (Å²) in [6.45, 7) is 5.78. The Hall–Kier alpha value is -0.0400. The van der Waals surface area contributed by atoms with Crippen molar-refractivity contribution in [3.05, 3.63) is 24.3 Å². The van der Waals surface area contributed by atoms with Gasteiger partial charge in [-0.15, -0.1) is 6.58 Å². The van der Waals surface area contributed by atoms with Crippen molar-refractivity contribution in [3.8, 4) is 0 Å². The van der Waals surface area contributed by atoms with E-state index in [1.165, 1.54) is 5.57 Å². The molecule has 0 heterocycles. The summed E-state index contributed by atoms with van der Waals surface area (Å²) in [7, 11) is 0. The lowest BCUT2D eigenvalue weighted by Crippen LogP contribution is -1.76. The summed E-state index contributed by atoms with van der Waals surface area (Å²) in [4.78, 5) is 0. The summed E-state index contributed by atoms with van der Waals surface area (Å²) >= 11 is 3.38. The zero-order chi connectivity index (χ0) is 7.11. The topological polar surface area (TPSA) is 0 Å². The third-order valence-corrected chi connectivity index (χ3v) is 1.52. The monoisotopic (exact) mass is 188 g/mol. The maximum Gasteiger partial charge on any atom is 0.00684 e. The van der Waals surface area contributed by atoms with Crippen LogP contribution in [0.1, 0.15) is 19.8 Å². The van der Waals surface area contributed by atoms with E-state index in [2.05, 4.69) is 35.5 Å². The van der Waals surface area contributed by atoms with Crippen LogP contribution in [-0.2, 0) is 0 Å². The average molecular weight is 189 g/mol. The maximum atomic E-state index is 3.64. The van der Waals surface area contributed by atoms with Gasteiger partial charge < -0.3 is 0 Å². The second kappa shape index (κ2) is 6.09. The molecule has 0 aliphatic heterocycles. The standard InChI is InChI=1S/C8H13Br/c1-3-4-5-8(2)6-7-9/h3,5H,1,4,6-7H2,2H3/b8-5-. The van der Waals surface area contributed by atoms with Crippen LogP contribution in [0.5, 0.6) is 0 Å². The summed E-state index contributed by atoms with van der Waals surface area (Å²) in [6.07, 6.45) is 6.26. The van der Waals surface area contributed by atoms with E-state index in [0.717, 1.165) is 18.2 Å². The van der Waals surface area contributed by atoms with Gasteiger partial charge in [-0.2, -0.15) is 0 Å². The first-order valence-corrected chi connectivity index (χ1v) is 4.26. The zero-order valence-corrected chi connectivity index (χ0v) is 7.45. The minimum absolute atomic E-state index is 0.999. The molecule has 0 saturated carbocycles. The molecule has 0 fully saturated rings. The molecule has 0 aliphatic rings. The Morgan fingerprint density at radius 3 is 2.78 bits per heavy atom. The first kappa shape index (κ1) is 8.96. The molecule has 0 aromatic rings. The molecule has 0 unspecified atom stereocenters. The van der Waals surface area contributed by atoms with Crippen molar-refractivity contribution in [1.82, 2.24) is 0 Å². The molecule has 0 nitrogen and oxygen atoms in total. The summed E-state index contributed by atoms with van der Waals surface area (Å²) in [6, 6.07) is 0. The molecule has 1 heteroatoms. The van der Waals surface area contributed by atoms with Gasteiger partial charge in [0.2, 0.25) is 0 Å². The molecule has 0 aliphatic carbocycles. The highest BCUT2D eigenvalue weighted by atomic mass is 79.9. The lowest BCUT2D eigenvalue weighted by Gasteiger charge is -1.93. The number of allylic oxidation sites excluding steroid dienone is 3. The predicted molar refractivity (Wildman–Crippen MR) is 47.0 cm³/mol. The van der Waals surface area contributed by atoms with Gasteiger partial charge in [0.25, 0.3) is 0 Å². The minimum atomic E-state index is 0.999. The van der Waals surface area contributed by atoms with Gasteiger partial charge in [-0.25, -0.2) is 0 Å². The van der Waals surface area contributed by atoms with Crippen LogP contribution in [0.2, 0.25) is 0 Å². The van der Waals surface area contributed by atoms with E-state index >= 15 is 0 Å². The molecular formula is C8H13Br. The molecule has 0 bridgehead atoms. The van der Waals surface area contributed by atoms with Crippen LogP contribution >= 0.6 is 15.9 Å². The number of hydrogen-bond donors (Lipinski definition) is 0. The van der Waals surface area contributed by atoms with Crippen molar-refractivity contribution < 1.29 is 0 Å². The lowest BCUT2D eigenvalue weighted by molar-refractivity contribution is 1.10. The molecule has 0 N–H and O–H groups in total. The summed E-state index contributed by atoms with van der Waals surface area (Å²) < 4.78 is 0. The van der Waals surface area contributed by atoms with Crippen LogP contribution < -0.4 is 0 Å². The van der Waals surface area contributed by atoms with E-state index in [1.807, 2.05) is 6.08 Å². The van der Waals surface area contributed by atoms with E-state index in [4.69, 9.17) is 0 Å². The van der Waals surface area contributed by atoms with Crippen molar-refractivity contribution in [3.63, 3.8) is 0 Å². The molecule has 9 heavy (non-hydrogen) atoms. The summed E-state index contributed by atoms with van der Waals surface area (Å²) in [5.41, 5.74) is 1.44. The Labute approximate surface area is 65.8 Å².